The Bertz CT molecular complexity index is 857. The first kappa shape index (κ1) is 20.7. The zero-order chi connectivity index (χ0) is 20.9. The number of hydrogen-bond acceptors (Lipinski definition) is 3. The van der Waals surface area contributed by atoms with E-state index in [0.29, 0.717) is 31.4 Å². The molecule has 30 heavy (non-hydrogen) atoms. The average molecular weight is 409 g/mol. The molecule has 2 heterocycles. The summed E-state index contributed by atoms with van der Waals surface area (Å²) in [5.41, 5.74) is 1.67. The molecule has 1 atom stereocenters. The predicted octanol–water partition coefficient (Wildman–Crippen LogP) is 2.89. The first-order chi connectivity index (χ1) is 14.6. The van der Waals surface area contributed by atoms with E-state index in [9.17, 15) is 9.59 Å². The lowest BCUT2D eigenvalue weighted by atomic mass is 9.94. The third-order valence-corrected chi connectivity index (χ3v) is 6.52. The van der Waals surface area contributed by atoms with Gasteiger partial charge in [0.25, 0.3) is 5.91 Å². The van der Waals surface area contributed by atoms with Crippen LogP contribution in [0.15, 0.2) is 48.7 Å². The molecule has 0 radical (unpaired) electrons. The van der Waals surface area contributed by atoms with E-state index in [0.717, 1.165) is 12.1 Å². The molecule has 1 aromatic heterocycles. The Hall–Kier alpha value is -2.60. The van der Waals surface area contributed by atoms with E-state index in [1.807, 2.05) is 53.2 Å². The van der Waals surface area contributed by atoms with Gasteiger partial charge in [-0.25, -0.2) is 0 Å². The summed E-state index contributed by atoms with van der Waals surface area (Å²) in [6.07, 6.45) is 8.34. The number of nitrogens with one attached hydrogen (secondary N) is 1. The lowest BCUT2D eigenvalue weighted by Gasteiger charge is -2.36. The summed E-state index contributed by atoms with van der Waals surface area (Å²) in [4.78, 5) is 30.3. The molecule has 1 N–H and O–H groups in total. The van der Waals surface area contributed by atoms with E-state index in [1.165, 1.54) is 32.1 Å². The summed E-state index contributed by atoms with van der Waals surface area (Å²) < 4.78 is 1.89. The number of aromatic nitrogens is 1. The molecule has 1 saturated carbocycles. The van der Waals surface area contributed by atoms with Gasteiger partial charge in [0.2, 0.25) is 5.91 Å². The number of rotatable bonds is 7. The average Bonchev–Trinajstić information content (AvgIpc) is 3.26. The van der Waals surface area contributed by atoms with E-state index in [2.05, 4.69) is 17.3 Å². The number of carbonyl (C=O) groups excluding carboxylic acids is 2. The lowest BCUT2D eigenvalue weighted by molar-refractivity contribution is -0.126. The second-order valence-electron chi connectivity index (χ2n) is 8.54. The van der Waals surface area contributed by atoms with Crippen molar-refractivity contribution in [2.45, 2.75) is 57.3 Å². The fourth-order valence-electron chi connectivity index (χ4n) is 4.71. The van der Waals surface area contributed by atoms with Crippen LogP contribution in [0.2, 0.25) is 0 Å². The minimum absolute atomic E-state index is 0.0734. The third kappa shape index (κ3) is 4.59. The molecule has 0 spiro atoms. The molecular weight excluding hydrogens is 376 g/mol. The number of amides is 2. The zero-order valence-corrected chi connectivity index (χ0v) is 17.8. The lowest BCUT2D eigenvalue weighted by Crippen LogP contribution is -2.55. The summed E-state index contributed by atoms with van der Waals surface area (Å²) in [6.45, 7) is 2.37. The van der Waals surface area contributed by atoms with Crippen LogP contribution in [0.1, 0.15) is 48.2 Å². The first-order valence-corrected chi connectivity index (χ1v) is 11.1. The van der Waals surface area contributed by atoms with Crippen LogP contribution in [0.3, 0.4) is 0 Å². The zero-order valence-electron chi connectivity index (χ0n) is 17.8. The summed E-state index contributed by atoms with van der Waals surface area (Å²) in [7, 11) is 2.15. The molecule has 1 aromatic carbocycles. The van der Waals surface area contributed by atoms with Crippen molar-refractivity contribution in [2.24, 2.45) is 0 Å². The number of likely N-dealkylation sites (N-methyl/N-ethyl adjacent to an activating group) is 1. The second-order valence-corrected chi connectivity index (χ2v) is 8.54. The van der Waals surface area contributed by atoms with Crippen molar-refractivity contribution in [1.29, 1.82) is 0 Å². The highest BCUT2D eigenvalue weighted by Gasteiger charge is 2.36. The second kappa shape index (κ2) is 9.47. The van der Waals surface area contributed by atoms with Crippen molar-refractivity contribution in [3.8, 4) is 0 Å². The van der Waals surface area contributed by atoms with Crippen molar-refractivity contribution in [2.75, 3.05) is 20.1 Å². The monoisotopic (exact) mass is 408 g/mol. The minimum atomic E-state index is -0.502. The van der Waals surface area contributed by atoms with Gasteiger partial charge in [0, 0.05) is 31.9 Å². The Kier molecular flexibility index (Phi) is 6.53. The largest absolute Gasteiger partial charge is 0.353 e. The maximum absolute atomic E-state index is 13.1. The van der Waals surface area contributed by atoms with Gasteiger partial charge in [-0.15, -0.1) is 0 Å². The van der Waals surface area contributed by atoms with Crippen LogP contribution in [0.4, 0.5) is 0 Å². The smallest absolute Gasteiger partial charge is 0.271 e. The molecule has 2 aliphatic rings. The van der Waals surface area contributed by atoms with Crippen molar-refractivity contribution >= 4 is 11.8 Å². The van der Waals surface area contributed by atoms with E-state index < -0.39 is 6.04 Å². The summed E-state index contributed by atoms with van der Waals surface area (Å²) in [6, 6.07) is 13.7. The molecule has 4 rings (SSSR count). The normalized spacial score (nSPS) is 19.7. The van der Waals surface area contributed by atoms with Gasteiger partial charge in [-0.1, -0.05) is 49.6 Å². The number of benzene rings is 1. The van der Waals surface area contributed by atoms with Crippen LogP contribution < -0.4 is 5.32 Å². The van der Waals surface area contributed by atoms with Gasteiger partial charge in [-0.05, 0) is 37.6 Å². The fraction of sp³-hybridized carbons (Fsp3) is 0.500. The van der Waals surface area contributed by atoms with Crippen LogP contribution in [-0.4, -0.2) is 58.4 Å². The summed E-state index contributed by atoms with van der Waals surface area (Å²) >= 11 is 0. The van der Waals surface area contributed by atoms with Crippen LogP contribution in [0, 0.1) is 0 Å². The highest BCUT2D eigenvalue weighted by Crippen LogP contribution is 2.22. The fourth-order valence-corrected chi connectivity index (χ4v) is 4.71. The quantitative estimate of drug-likeness (QED) is 0.766. The summed E-state index contributed by atoms with van der Waals surface area (Å²) in [5.74, 6) is -0.162. The van der Waals surface area contributed by atoms with Crippen molar-refractivity contribution in [1.82, 2.24) is 19.7 Å². The van der Waals surface area contributed by atoms with Crippen LogP contribution in [0.5, 0.6) is 0 Å². The third-order valence-electron chi connectivity index (χ3n) is 6.52. The van der Waals surface area contributed by atoms with Crippen molar-refractivity contribution in [3.05, 3.63) is 59.9 Å². The van der Waals surface area contributed by atoms with Gasteiger partial charge in [-0.3, -0.25) is 9.59 Å². The highest BCUT2D eigenvalue weighted by atomic mass is 16.2. The Morgan fingerprint density at radius 1 is 1.10 bits per heavy atom. The van der Waals surface area contributed by atoms with Crippen LogP contribution in [-0.2, 0) is 17.9 Å². The maximum Gasteiger partial charge on any atom is 0.271 e. The molecule has 1 aliphatic carbocycles. The van der Waals surface area contributed by atoms with Gasteiger partial charge in [0.05, 0.1) is 6.54 Å². The van der Waals surface area contributed by atoms with E-state index >= 15 is 0 Å². The SMILES string of the molecule is CN(CCNC(=O)C1Cn2cccc2C(=O)N1Cc1ccccc1)C1CCCCC1. The molecule has 2 aromatic rings. The topological polar surface area (TPSA) is 57.6 Å². The number of hydrogen-bond donors (Lipinski definition) is 1. The Morgan fingerprint density at radius 2 is 1.87 bits per heavy atom. The molecular formula is C24H32N4O2. The standard InChI is InChI=1S/C24H32N4O2/c1-26(20-11-6-3-7-12-20)16-14-25-23(29)22-18-27-15-8-13-21(27)24(30)28(22)17-19-9-4-2-5-10-19/h2,4-5,8-10,13,15,20,22H,3,6-7,11-12,14,16-18H2,1H3,(H,25,29). The predicted molar refractivity (Wildman–Crippen MR) is 117 cm³/mol. The van der Waals surface area contributed by atoms with Crippen LogP contribution >= 0.6 is 0 Å². The van der Waals surface area contributed by atoms with Crippen molar-refractivity contribution < 1.29 is 9.59 Å². The number of fused-ring (bicyclic) bond motifs is 1. The Morgan fingerprint density at radius 3 is 2.63 bits per heavy atom. The Labute approximate surface area is 178 Å². The molecule has 6 heteroatoms. The molecule has 160 valence electrons. The highest BCUT2D eigenvalue weighted by molar-refractivity contribution is 5.97. The van der Waals surface area contributed by atoms with Gasteiger partial charge < -0.3 is 19.7 Å². The first-order valence-electron chi connectivity index (χ1n) is 11.1. The van der Waals surface area contributed by atoms with E-state index in [4.69, 9.17) is 0 Å². The van der Waals surface area contributed by atoms with Gasteiger partial charge in [-0.2, -0.15) is 0 Å². The molecule has 2 amide bonds. The molecule has 1 aliphatic heterocycles. The van der Waals surface area contributed by atoms with Gasteiger partial charge >= 0.3 is 0 Å². The molecule has 0 bridgehead atoms. The number of nitrogens with zero attached hydrogens (tertiary/aromatic N) is 3. The summed E-state index contributed by atoms with van der Waals surface area (Å²) in [5, 5.41) is 3.09. The molecule has 1 unspecified atom stereocenters. The Balaban J connectivity index is 1.40. The maximum atomic E-state index is 13.1. The van der Waals surface area contributed by atoms with Gasteiger partial charge in [0.1, 0.15) is 11.7 Å². The van der Waals surface area contributed by atoms with Crippen molar-refractivity contribution in [3.63, 3.8) is 0 Å². The molecule has 1 fully saturated rings. The van der Waals surface area contributed by atoms with E-state index in [1.54, 1.807) is 4.90 Å². The van der Waals surface area contributed by atoms with Gasteiger partial charge in [0.15, 0.2) is 0 Å². The minimum Gasteiger partial charge on any atom is -0.353 e. The van der Waals surface area contributed by atoms with Crippen LogP contribution in [0.25, 0.3) is 0 Å². The number of carbonyl (C=O) groups is 2. The van der Waals surface area contributed by atoms with E-state index in [-0.39, 0.29) is 11.8 Å². The molecule has 0 saturated heterocycles. The molecule has 6 nitrogen and oxygen atoms in total.